The summed E-state index contributed by atoms with van der Waals surface area (Å²) >= 11 is 0. The van der Waals surface area contributed by atoms with Gasteiger partial charge in [-0.05, 0) is 76.9 Å². The number of piperidine rings is 2. The molecule has 0 atom stereocenters. The average molecular weight is 743 g/mol. The van der Waals surface area contributed by atoms with E-state index in [0.29, 0.717) is 34.3 Å². The maximum atomic E-state index is 11.6. The Hall–Kier alpha value is -5.97. The van der Waals surface area contributed by atoms with Crippen molar-refractivity contribution in [3.05, 3.63) is 60.2 Å². The van der Waals surface area contributed by atoms with Gasteiger partial charge in [-0.1, -0.05) is 0 Å². The topological polar surface area (TPSA) is 198 Å². The number of likely N-dealkylation sites (tertiary alicyclic amines) is 1. The summed E-state index contributed by atoms with van der Waals surface area (Å²) in [6.07, 6.45) is 8.04. The fourth-order valence-electron chi connectivity index (χ4n) is 8.28. The van der Waals surface area contributed by atoms with E-state index in [0.717, 1.165) is 105 Å². The quantitative estimate of drug-likeness (QED) is 0.162. The van der Waals surface area contributed by atoms with E-state index >= 15 is 0 Å². The number of amides is 1. The van der Waals surface area contributed by atoms with Crippen molar-refractivity contribution in [3.63, 3.8) is 0 Å². The molecule has 6 aromatic heterocycles. The summed E-state index contributed by atoms with van der Waals surface area (Å²) in [5.41, 5.74) is 4.05. The van der Waals surface area contributed by atoms with Crippen LogP contribution in [-0.2, 0) is 4.79 Å². The number of pyridine rings is 2. The molecule has 4 saturated heterocycles. The fourth-order valence-corrected chi connectivity index (χ4v) is 8.28. The lowest BCUT2D eigenvalue weighted by Gasteiger charge is -2.53. The van der Waals surface area contributed by atoms with Gasteiger partial charge in [0.15, 0.2) is 22.9 Å². The second-order valence-corrected chi connectivity index (χ2v) is 15.6. The van der Waals surface area contributed by atoms with Crippen LogP contribution in [0.4, 0.5) is 35.2 Å². The lowest BCUT2D eigenvalue weighted by atomic mass is 9.72. The number of H-pyrrole nitrogens is 2. The van der Waals surface area contributed by atoms with E-state index in [1.165, 1.54) is 12.8 Å². The Morgan fingerprint density at radius 2 is 1.16 bits per heavy atom. The third-order valence-electron chi connectivity index (χ3n) is 11.4. The van der Waals surface area contributed by atoms with Gasteiger partial charge in [0, 0.05) is 92.9 Å². The number of aryl methyl sites for hydroxylation is 2. The fraction of sp³-hybridized carbons (Fsp3) is 0.447. The summed E-state index contributed by atoms with van der Waals surface area (Å²) in [4.78, 5) is 45.9. The number of carbonyl (C=O) groups is 1. The first-order valence-corrected chi connectivity index (χ1v) is 19.0. The smallest absolute Gasteiger partial charge is 0.229 e. The van der Waals surface area contributed by atoms with Crippen LogP contribution in [-0.4, -0.2) is 113 Å². The van der Waals surface area contributed by atoms with Crippen LogP contribution in [0.25, 0.3) is 22.1 Å². The Kier molecular flexibility index (Phi) is 8.87. The van der Waals surface area contributed by atoms with Gasteiger partial charge in [0.2, 0.25) is 17.8 Å². The van der Waals surface area contributed by atoms with Crippen LogP contribution in [0.2, 0.25) is 0 Å². The van der Waals surface area contributed by atoms with Crippen LogP contribution in [0.15, 0.2) is 48.8 Å². The number of hydrogen-bond donors (Lipinski definition) is 5. The van der Waals surface area contributed by atoms with Crippen LogP contribution < -0.4 is 25.8 Å². The van der Waals surface area contributed by atoms with Crippen molar-refractivity contribution in [2.24, 2.45) is 10.8 Å². The number of aromatic amines is 2. The van der Waals surface area contributed by atoms with Crippen molar-refractivity contribution < 1.29 is 4.79 Å². The minimum atomic E-state index is 0.171. The number of anilines is 6. The highest BCUT2D eigenvalue weighted by molar-refractivity contribution is 5.90. The summed E-state index contributed by atoms with van der Waals surface area (Å²) in [5.74, 6) is 4.52. The molecule has 0 bridgehead atoms. The number of carbonyl (C=O) groups excluding carboxylic acids is 1. The van der Waals surface area contributed by atoms with Crippen LogP contribution >= 0.6 is 0 Å². The van der Waals surface area contributed by atoms with Gasteiger partial charge in [0.25, 0.3) is 0 Å². The van der Waals surface area contributed by atoms with Gasteiger partial charge in [0.1, 0.15) is 11.6 Å². The van der Waals surface area contributed by atoms with Gasteiger partial charge in [-0.15, -0.1) is 0 Å². The minimum absolute atomic E-state index is 0.171. The van der Waals surface area contributed by atoms with Crippen LogP contribution in [0.5, 0.6) is 0 Å². The van der Waals surface area contributed by atoms with E-state index in [1.54, 1.807) is 19.3 Å². The zero-order chi connectivity index (χ0) is 37.6. The summed E-state index contributed by atoms with van der Waals surface area (Å²) in [5, 5.41) is 26.2. The first-order valence-electron chi connectivity index (χ1n) is 19.0. The molecular formula is C38H46N16O. The molecule has 17 heteroatoms. The summed E-state index contributed by atoms with van der Waals surface area (Å²) < 4.78 is 0. The Balaban J connectivity index is 0.000000145. The Morgan fingerprint density at radius 1 is 0.691 bits per heavy atom. The predicted molar refractivity (Wildman–Crippen MR) is 211 cm³/mol. The van der Waals surface area contributed by atoms with E-state index in [-0.39, 0.29) is 11.3 Å². The molecule has 0 saturated carbocycles. The van der Waals surface area contributed by atoms with E-state index in [1.807, 2.05) is 55.1 Å². The first kappa shape index (κ1) is 34.8. The normalized spacial score (nSPS) is 18.5. The van der Waals surface area contributed by atoms with Crippen molar-refractivity contribution in [1.82, 2.24) is 60.5 Å². The van der Waals surface area contributed by atoms with Gasteiger partial charge in [-0.3, -0.25) is 15.0 Å². The standard InChI is InChI=1S/C20H24N8O.C18H22N8/c1-13-10-16(26-25-13)22-18-15-4-3-7-21-17(15)23-19(24-18)28-11-20(12-28)5-8-27(9-6-20)14(2)29;1-12-9-14(25-24-12)21-16-13-3-2-6-20-15(13)22-17(23-16)26-10-18(11-26)4-7-19-8-5-18/h3-4,7,10H,5-6,8-9,11-12H2,1-2H3,(H2,21,22,23,24,25,26);2-3,6,9,19H,4-5,7-8,10-11H2,1H3,(H2,20,21,22,23,24,25). The van der Waals surface area contributed by atoms with E-state index in [2.05, 4.69) is 56.1 Å². The van der Waals surface area contributed by atoms with Crippen molar-refractivity contribution in [1.29, 1.82) is 0 Å². The largest absolute Gasteiger partial charge is 0.343 e. The molecule has 2 spiro atoms. The van der Waals surface area contributed by atoms with E-state index in [9.17, 15) is 4.79 Å². The summed E-state index contributed by atoms with van der Waals surface area (Å²) in [7, 11) is 0. The maximum Gasteiger partial charge on any atom is 0.229 e. The molecule has 284 valence electrons. The SMILES string of the molecule is CC(=O)N1CCC2(CC1)CN(c1nc(Nc3cc(C)[nH]n3)c3cccnc3n1)C2.Cc1cc(Nc2nc(N3CC4(CCNCC4)C3)nc3ncccc23)n[nH]1. The molecule has 17 nitrogen and oxygen atoms in total. The van der Waals surface area contributed by atoms with Crippen molar-refractivity contribution in [3.8, 4) is 0 Å². The summed E-state index contributed by atoms with van der Waals surface area (Å²) in [6.45, 7) is 13.4. The Bertz CT molecular complexity index is 2320. The van der Waals surface area contributed by atoms with E-state index in [4.69, 9.17) is 19.9 Å². The zero-order valence-electron chi connectivity index (χ0n) is 31.4. The van der Waals surface area contributed by atoms with Gasteiger partial charge in [-0.25, -0.2) is 9.97 Å². The molecule has 55 heavy (non-hydrogen) atoms. The molecule has 0 aromatic carbocycles. The molecule has 10 heterocycles. The molecule has 0 aliphatic carbocycles. The molecule has 6 aromatic rings. The average Bonchev–Trinajstić information content (AvgIpc) is 3.79. The highest BCUT2D eigenvalue weighted by Crippen LogP contribution is 2.43. The molecule has 0 unspecified atom stereocenters. The molecule has 1 amide bonds. The van der Waals surface area contributed by atoms with Gasteiger partial charge < -0.3 is 30.7 Å². The third-order valence-corrected chi connectivity index (χ3v) is 11.4. The molecular weight excluding hydrogens is 697 g/mol. The number of fused-ring (bicyclic) bond motifs is 2. The molecule has 4 aliphatic rings. The minimum Gasteiger partial charge on any atom is -0.343 e. The van der Waals surface area contributed by atoms with Crippen LogP contribution in [0.3, 0.4) is 0 Å². The summed E-state index contributed by atoms with van der Waals surface area (Å²) in [6, 6.07) is 11.6. The number of rotatable bonds is 6. The zero-order valence-corrected chi connectivity index (χ0v) is 31.4. The van der Waals surface area contributed by atoms with Crippen molar-refractivity contribution in [2.75, 3.05) is 72.8 Å². The van der Waals surface area contributed by atoms with Gasteiger partial charge in [0.05, 0.1) is 10.8 Å². The molecule has 4 aliphatic heterocycles. The van der Waals surface area contributed by atoms with Crippen LogP contribution in [0, 0.1) is 24.7 Å². The predicted octanol–water partition coefficient (Wildman–Crippen LogP) is 4.24. The van der Waals surface area contributed by atoms with Gasteiger partial charge in [-0.2, -0.15) is 30.1 Å². The highest BCUT2D eigenvalue weighted by Gasteiger charge is 2.47. The number of nitrogens with zero attached hydrogens (tertiary/aromatic N) is 11. The highest BCUT2D eigenvalue weighted by atomic mass is 16.2. The molecule has 0 radical (unpaired) electrons. The first-order chi connectivity index (χ1) is 26.7. The second-order valence-electron chi connectivity index (χ2n) is 15.6. The monoisotopic (exact) mass is 742 g/mol. The Labute approximate surface area is 318 Å². The molecule has 10 rings (SSSR count). The maximum absolute atomic E-state index is 11.6. The number of aromatic nitrogens is 10. The molecule has 5 N–H and O–H groups in total. The van der Waals surface area contributed by atoms with Crippen molar-refractivity contribution >= 4 is 63.1 Å². The van der Waals surface area contributed by atoms with E-state index < -0.39 is 0 Å². The lowest BCUT2D eigenvalue weighted by Crippen LogP contribution is -2.61. The van der Waals surface area contributed by atoms with Crippen molar-refractivity contribution in [2.45, 2.75) is 46.5 Å². The second kappa shape index (κ2) is 14.0. The number of hydrogen-bond acceptors (Lipinski definition) is 14. The van der Waals surface area contributed by atoms with Gasteiger partial charge >= 0.3 is 0 Å². The number of nitrogens with one attached hydrogen (secondary N) is 5. The lowest BCUT2D eigenvalue weighted by molar-refractivity contribution is -0.131. The van der Waals surface area contributed by atoms with Crippen LogP contribution in [0.1, 0.15) is 44.0 Å². The molecule has 4 fully saturated rings. The Morgan fingerprint density at radius 3 is 1.60 bits per heavy atom. The third kappa shape index (κ3) is 7.06.